The van der Waals surface area contributed by atoms with Crippen LogP contribution in [-0.4, -0.2) is 35.2 Å². The third-order valence-electron chi connectivity index (χ3n) is 4.96. The molecule has 0 bridgehead atoms. The first-order chi connectivity index (χ1) is 15.3. The number of thiophene rings is 2. The second-order valence-corrected chi connectivity index (χ2v) is 9.21. The number of fused-ring (bicyclic) bond motifs is 3. The van der Waals surface area contributed by atoms with E-state index in [-0.39, 0.29) is 0 Å². The molecule has 0 fully saturated rings. The van der Waals surface area contributed by atoms with Gasteiger partial charge in [0.25, 0.3) is 0 Å². The fourth-order valence-electron chi connectivity index (χ4n) is 3.68. The molecule has 0 spiro atoms. The molecule has 0 radical (unpaired) electrons. The van der Waals surface area contributed by atoms with Crippen LogP contribution < -0.4 is 18.9 Å². The van der Waals surface area contributed by atoms with Crippen LogP contribution in [0, 0.1) is 24.7 Å². The monoisotopic (exact) mass is 464 g/mol. The van der Waals surface area contributed by atoms with Crippen molar-refractivity contribution in [2.24, 2.45) is 0 Å². The predicted octanol–water partition coefficient (Wildman–Crippen LogP) is 4.65. The van der Waals surface area contributed by atoms with Crippen molar-refractivity contribution >= 4 is 45.4 Å². The van der Waals surface area contributed by atoms with Crippen LogP contribution >= 0.6 is 34.4 Å². The minimum atomic E-state index is 0.477. The molecule has 4 aromatic rings. The van der Waals surface area contributed by atoms with Crippen LogP contribution in [0.2, 0.25) is 0 Å². The highest BCUT2D eigenvalue weighted by Gasteiger charge is 2.29. The van der Waals surface area contributed by atoms with Gasteiger partial charge in [-0.3, -0.25) is 0 Å². The van der Waals surface area contributed by atoms with Crippen molar-refractivity contribution in [2.45, 2.75) is 0 Å². The number of rotatable bonds is 2. The van der Waals surface area contributed by atoms with Gasteiger partial charge in [-0.05, 0) is 0 Å². The minimum Gasteiger partial charge on any atom is -0.485 e. The van der Waals surface area contributed by atoms with E-state index in [0.717, 1.165) is 43.6 Å². The number of hydrogen-bond donors (Lipinski definition) is 0. The molecule has 1 aromatic carbocycles. The van der Waals surface area contributed by atoms with Crippen LogP contribution in [0.4, 0.5) is 0 Å². The van der Waals surface area contributed by atoms with Gasteiger partial charge in [-0.1, -0.05) is 24.0 Å². The lowest BCUT2D eigenvalue weighted by Gasteiger charge is -2.17. The summed E-state index contributed by atoms with van der Waals surface area (Å²) in [6, 6.07) is 4.02. The highest BCUT2D eigenvalue weighted by Crippen LogP contribution is 2.53. The lowest BCUT2D eigenvalue weighted by Crippen LogP contribution is -2.15. The molecule has 6 rings (SSSR count). The zero-order valence-electron chi connectivity index (χ0n) is 15.9. The van der Waals surface area contributed by atoms with Gasteiger partial charge in [0.2, 0.25) is 0 Å². The summed E-state index contributed by atoms with van der Waals surface area (Å²) in [6.07, 6.45) is 11.4. The second kappa shape index (κ2) is 7.17. The third kappa shape index (κ3) is 2.71. The van der Waals surface area contributed by atoms with Gasteiger partial charge in [-0.15, -0.1) is 35.5 Å². The molecule has 2 aliphatic rings. The van der Waals surface area contributed by atoms with E-state index >= 15 is 0 Å². The van der Waals surface area contributed by atoms with Gasteiger partial charge < -0.3 is 18.9 Å². The van der Waals surface area contributed by atoms with E-state index in [4.69, 9.17) is 31.8 Å². The van der Waals surface area contributed by atoms with E-state index in [1.165, 1.54) is 22.7 Å². The standard InChI is InChI=1S/C22H12N2O4S3/c1-3-13-17-19(27-9-7-25-17)21(29-13)11-5-6-12(16-15(11)23-31-24-16)22-20-18(14(4-2)30-22)26-8-10-28-20/h1-2,5-6H,7-10H2. The maximum atomic E-state index is 5.91. The molecule has 2 aliphatic heterocycles. The van der Waals surface area contributed by atoms with E-state index in [2.05, 4.69) is 20.6 Å². The Hall–Kier alpha value is -3.24. The number of ether oxygens (including phenoxy) is 4. The normalized spacial score (nSPS) is 14.3. The lowest BCUT2D eigenvalue weighted by atomic mass is 10.0. The Kier molecular flexibility index (Phi) is 4.29. The number of terminal acetylenes is 2. The Morgan fingerprint density at radius 3 is 1.52 bits per heavy atom. The molecular weight excluding hydrogens is 452 g/mol. The van der Waals surface area contributed by atoms with Crippen LogP contribution in [0.3, 0.4) is 0 Å². The molecular formula is C22H12N2O4S3. The van der Waals surface area contributed by atoms with E-state index < -0.39 is 0 Å². The van der Waals surface area contributed by atoms with E-state index in [1.807, 2.05) is 12.1 Å². The summed E-state index contributed by atoms with van der Waals surface area (Å²) in [5.41, 5.74) is 3.34. The first-order valence-corrected chi connectivity index (χ1v) is 11.7. The average molecular weight is 465 g/mol. The summed E-state index contributed by atoms with van der Waals surface area (Å²) >= 11 is 4.08. The molecule has 0 unspecified atom stereocenters. The number of aromatic nitrogens is 2. The Bertz CT molecular complexity index is 1330. The Balaban J connectivity index is 1.56. The van der Waals surface area contributed by atoms with Crippen LogP contribution in [0.25, 0.3) is 31.9 Å². The summed E-state index contributed by atoms with van der Waals surface area (Å²) in [7, 11) is 0. The van der Waals surface area contributed by atoms with E-state index in [9.17, 15) is 0 Å². The molecule has 9 heteroatoms. The van der Waals surface area contributed by atoms with Crippen LogP contribution in [0.15, 0.2) is 12.1 Å². The Labute approximate surface area is 189 Å². The van der Waals surface area contributed by atoms with Crippen LogP contribution in [0.5, 0.6) is 23.0 Å². The van der Waals surface area contributed by atoms with Gasteiger partial charge in [-0.25, -0.2) is 0 Å². The third-order valence-corrected chi connectivity index (χ3v) is 7.73. The quantitative estimate of drug-likeness (QED) is 0.403. The van der Waals surface area contributed by atoms with Gasteiger partial charge in [0.1, 0.15) is 47.2 Å². The SMILES string of the molecule is C#Cc1sc(-c2ccc(-c3sc(C#C)c4c3OCCO4)c3nsnc23)c2c1OCCO2. The zero-order chi connectivity index (χ0) is 20.9. The van der Waals surface area contributed by atoms with Crippen LogP contribution in [0.1, 0.15) is 9.75 Å². The average Bonchev–Trinajstić information content (AvgIpc) is 3.54. The van der Waals surface area contributed by atoms with Crippen LogP contribution in [-0.2, 0) is 0 Å². The number of nitrogens with zero attached hydrogens (tertiary/aromatic N) is 2. The zero-order valence-corrected chi connectivity index (χ0v) is 18.3. The molecule has 0 saturated carbocycles. The maximum absolute atomic E-state index is 5.91. The van der Waals surface area contributed by atoms with Crippen molar-refractivity contribution in [1.29, 1.82) is 0 Å². The first-order valence-electron chi connectivity index (χ1n) is 9.34. The van der Waals surface area contributed by atoms with Crippen molar-refractivity contribution in [2.75, 3.05) is 26.4 Å². The molecule has 0 aliphatic carbocycles. The van der Waals surface area contributed by atoms with Crippen molar-refractivity contribution in [1.82, 2.24) is 8.75 Å². The molecule has 0 N–H and O–H groups in total. The molecule has 3 aromatic heterocycles. The Morgan fingerprint density at radius 1 is 0.677 bits per heavy atom. The maximum Gasteiger partial charge on any atom is 0.188 e. The topological polar surface area (TPSA) is 62.7 Å². The van der Waals surface area contributed by atoms with Crippen molar-refractivity contribution in [3.05, 3.63) is 21.9 Å². The fourth-order valence-corrected chi connectivity index (χ4v) is 6.31. The molecule has 0 saturated heterocycles. The highest BCUT2D eigenvalue weighted by molar-refractivity contribution is 7.17. The molecule has 0 atom stereocenters. The second-order valence-electron chi connectivity index (χ2n) is 6.64. The molecule has 31 heavy (non-hydrogen) atoms. The van der Waals surface area contributed by atoms with E-state index in [0.29, 0.717) is 59.2 Å². The molecule has 0 amide bonds. The summed E-state index contributed by atoms with van der Waals surface area (Å²) in [5.74, 6) is 8.01. The number of benzene rings is 1. The Morgan fingerprint density at radius 2 is 1.10 bits per heavy atom. The van der Waals surface area contributed by atoms with Gasteiger partial charge in [0.15, 0.2) is 23.0 Å². The summed E-state index contributed by atoms with van der Waals surface area (Å²) in [5, 5.41) is 0. The summed E-state index contributed by atoms with van der Waals surface area (Å²) in [4.78, 5) is 3.20. The largest absolute Gasteiger partial charge is 0.485 e. The van der Waals surface area contributed by atoms with E-state index in [1.54, 1.807) is 0 Å². The predicted molar refractivity (Wildman–Crippen MR) is 122 cm³/mol. The summed E-state index contributed by atoms with van der Waals surface area (Å²) < 4.78 is 32.5. The van der Waals surface area contributed by atoms with Crippen molar-refractivity contribution < 1.29 is 18.9 Å². The smallest absolute Gasteiger partial charge is 0.188 e. The lowest BCUT2D eigenvalue weighted by molar-refractivity contribution is 0.174. The highest BCUT2D eigenvalue weighted by atomic mass is 32.1. The minimum absolute atomic E-state index is 0.477. The van der Waals surface area contributed by atoms with Gasteiger partial charge in [0, 0.05) is 11.1 Å². The molecule has 152 valence electrons. The van der Waals surface area contributed by atoms with Gasteiger partial charge in [-0.2, -0.15) is 8.75 Å². The molecule has 5 heterocycles. The molecule has 6 nitrogen and oxygen atoms in total. The summed E-state index contributed by atoms with van der Waals surface area (Å²) in [6.45, 7) is 1.91. The number of hydrogen-bond acceptors (Lipinski definition) is 9. The fraction of sp³-hybridized carbons (Fsp3) is 0.182. The van der Waals surface area contributed by atoms with Crippen molar-refractivity contribution in [3.63, 3.8) is 0 Å². The van der Waals surface area contributed by atoms with Crippen molar-refractivity contribution in [3.8, 4) is 68.6 Å². The first kappa shape index (κ1) is 18.5. The van der Waals surface area contributed by atoms with Gasteiger partial charge >= 0.3 is 0 Å². The van der Waals surface area contributed by atoms with Gasteiger partial charge in [0.05, 0.1) is 21.5 Å².